The van der Waals surface area contributed by atoms with Crippen LogP contribution in [0.25, 0.3) is 0 Å². The van der Waals surface area contributed by atoms with Gasteiger partial charge in [0.15, 0.2) is 12.4 Å². The molecule has 1 amide bonds. The fourth-order valence-electron chi connectivity index (χ4n) is 0.656. The quantitative estimate of drug-likeness (QED) is 0.674. The molecule has 0 aliphatic rings. The second kappa shape index (κ2) is 4.61. The molecule has 0 fully saturated rings. The highest BCUT2D eigenvalue weighted by atomic mass is 127. The SMILES string of the molecule is NC(=O)COc1ccc(Cl)nc1I. The summed E-state index contributed by atoms with van der Waals surface area (Å²) in [5, 5.41) is 0.385. The number of aromatic nitrogens is 1. The molecular weight excluding hydrogens is 306 g/mol. The van der Waals surface area contributed by atoms with Gasteiger partial charge < -0.3 is 10.5 Å². The van der Waals surface area contributed by atoms with Crippen molar-refractivity contribution in [2.24, 2.45) is 5.73 Å². The molecule has 0 bridgehead atoms. The number of nitrogens with two attached hydrogens (primary N) is 1. The van der Waals surface area contributed by atoms with Gasteiger partial charge in [0.1, 0.15) is 8.85 Å². The minimum Gasteiger partial charge on any atom is -0.481 e. The van der Waals surface area contributed by atoms with E-state index in [1.807, 2.05) is 22.6 Å². The third-order valence-electron chi connectivity index (χ3n) is 1.15. The van der Waals surface area contributed by atoms with Gasteiger partial charge in [-0.05, 0) is 34.7 Å². The highest BCUT2D eigenvalue weighted by Crippen LogP contribution is 2.20. The summed E-state index contributed by atoms with van der Waals surface area (Å²) in [5.74, 6) is -0.0189. The van der Waals surface area contributed by atoms with E-state index in [9.17, 15) is 4.79 Å². The van der Waals surface area contributed by atoms with E-state index in [4.69, 9.17) is 22.1 Å². The first kappa shape index (κ1) is 10.5. The van der Waals surface area contributed by atoms with Gasteiger partial charge in [-0.1, -0.05) is 11.6 Å². The molecular formula is C7H6ClIN2O2. The standard InChI is InChI=1S/C7H6ClIN2O2/c8-5-2-1-4(7(9)11-5)13-3-6(10)12/h1-2H,3H2,(H2,10,12). The predicted octanol–water partition coefficient (Wildman–Crippen LogP) is 1.20. The summed E-state index contributed by atoms with van der Waals surface area (Å²) >= 11 is 7.58. The van der Waals surface area contributed by atoms with Crippen LogP contribution in [-0.2, 0) is 4.79 Å². The molecule has 13 heavy (non-hydrogen) atoms. The number of halogens is 2. The lowest BCUT2D eigenvalue weighted by Crippen LogP contribution is -2.20. The fraction of sp³-hybridized carbons (Fsp3) is 0.143. The van der Waals surface area contributed by atoms with Gasteiger partial charge in [0, 0.05) is 0 Å². The maximum atomic E-state index is 10.4. The van der Waals surface area contributed by atoms with Crippen molar-refractivity contribution in [2.45, 2.75) is 0 Å². The van der Waals surface area contributed by atoms with Crippen molar-refractivity contribution in [1.82, 2.24) is 4.98 Å². The molecule has 0 radical (unpaired) electrons. The Balaban J connectivity index is 2.72. The fourth-order valence-corrected chi connectivity index (χ4v) is 1.54. The van der Waals surface area contributed by atoms with E-state index in [0.29, 0.717) is 14.6 Å². The number of amides is 1. The van der Waals surface area contributed by atoms with Crippen LogP contribution in [0.3, 0.4) is 0 Å². The summed E-state index contributed by atoms with van der Waals surface area (Å²) in [6.45, 7) is -0.153. The Morgan fingerprint density at radius 1 is 1.69 bits per heavy atom. The van der Waals surface area contributed by atoms with Crippen LogP contribution >= 0.6 is 34.2 Å². The van der Waals surface area contributed by atoms with E-state index in [0.717, 1.165) is 0 Å². The average Bonchev–Trinajstić information content (AvgIpc) is 2.02. The zero-order valence-corrected chi connectivity index (χ0v) is 9.37. The van der Waals surface area contributed by atoms with Crippen LogP contribution in [0.1, 0.15) is 0 Å². The Kier molecular flexibility index (Phi) is 3.73. The van der Waals surface area contributed by atoms with Gasteiger partial charge in [-0.15, -0.1) is 0 Å². The Morgan fingerprint density at radius 2 is 2.38 bits per heavy atom. The lowest BCUT2D eigenvalue weighted by Gasteiger charge is -2.04. The van der Waals surface area contributed by atoms with Crippen LogP contribution in [0.15, 0.2) is 12.1 Å². The van der Waals surface area contributed by atoms with Crippen molar-refractivity contribution in [1.29, 1.82) is 0 Å². The number of primary amides is 1. The summed E-state index contributed by atoms with van der Waals surface area (Å²) in [6.07, 6.45) is 0. The zero-order valence-electron chi connectivity index (χ0n) is 6.46. The number of rotatable bonds is 3. The van der Waals surface area contributed by atoms with Crippen molar-refractivity contribution in [3.8, 4) is 5.75 Å². The van der Waals surface area contributed by atoms with Crippen LogP contribution in [0, 0.1) is 3.70 Å². The molecule has 0 aliphatic heterocycles. The van der Waals surface area contributed by atoms with Crippen molar-refractivity contribution < 1.29 is 9.53 Å². The van der Waals surface area contributed by atoms with Gasteiger partial charge in [-0.25, -0.2) is 4.98 Å². The van der Waals surface area contributed by atoms with Gasteiger partial charge >= 0.3 is 0 Å². The number of hydrogen-bond acceptors (Lipinski definition) is 3. The molecule has 70 valence electrons. The highest BCUT2D eigenvalue weighted by molar-refractivity contribution is 14.1. The van der Waals surface area contributed by atoms with Crippen LogP contribution in [-0.4, -0.2) is 17.5 Å². The molecule has 0 atom stereocenters. The van der Waals surface area contributed by atoms with Gasteiger partial charge in [-0.3, -0.25) is 4.79 Å². The van der Waals surface area contributed by atoms with Crippen LogP contribution in [0.5, 0.6) is 5.75 Å². The topological polar surface area (TPSA) is 65.2 Å². The monoisotopic (exact) mass is 312 g/mol. The Morgan fingerprint density at radius 3 is 2.92 bits per heavy atom. The second-order valence-corrected chi connectivity index (χ2v) is 3.59. The van der Waals surface area contributed by atoms with Crippen molar-refractivity contribution in [3.05, 3.63) is 21.0 Å². The molecule has 1 aromatic rings. The van der Waals surface area contributed by atoms with Gasteiger partial charge in [0.2, 0.25) is 0 Å². The van der Waals surface area contributed by atoms with Crippen molar-refractivity contribution in [3.63, 3.8) is 0 Å². The molecule has 2 N–H and O–H groups in total. The number of carbonyl (C=O) groups excluding carboxylic acids is 1. The average molecular weight is 312 g/mol. The number of hydrogen-bond donors (Lipinski definition) is 1. The molecule has 1 aromatic heterocycles. The molecule has 1 heterocycles. The zero-order chi connectivity index (χ0) is 9.84. The first-order valence-corrected chi connectivity index (χ1v) is 4.78. The third kappa shape index (κ3) is 3.35. The Bertz CT molecular complexity index is 332. The maximum Gasteiger partial charge on any atom is 0.255 e. The normalized spacial score (nSPS) is 9.69. The maximum absolute atomic E-state index is 10.4. The van der Waals surface area contributed by atoms with E-state index in [1.54, 1.807) is 12.1 Å². The molecule has 0 saturated heterocycles. The summed E-state index contributed by atoms with van der Waals surface area (Å²) in [4.78, 5) is 14.3. The molecule has 0 aliphatic carbocycles. The lowest BCUT2D eigenvalue weighted by atomic mass is 10.5. The first-order chi connectivity index (χ1) is 6.09. The lowest BCUT2D eigenvalue weighted by molar-refractivity contribution is -0.119. The van der Waals surface area contributed by atoms with Gasteiger partial charge in [0.25, 0.3) is 5.91 Å². The number of pyridine rings is 1. The molecule has 0 aromatic carbocycles. The van der Waals surface area contributed by atoms with E-state index >= 15 is 0 Å². The highest BCUT2D eigenvalue weighted by Gasteiger charge is 2.04. The summed E-state index contributed by atoms with van der Waals surface area (Å²) in [6, 6.07) is 3.22. The van der Waals surface area contributed by atoms with E-state index in [1.165, 1.54) is 0 Å². The summed E-state index contributed by atoms with van der Waals surface area (Å²) < 4.78 is 5.65. The number of nitrogens with zero attached hydrogens (tertiary/aromatic N) is 1. The smallest absolute Gasteiger partial charge is 0.255 e. The van der Waals surface area contributed by atoms with Crippen molar-refractivity contribution in [2.75, 3.05) is 6.61 Å². The number of carbonyl (C=O) groups is 1. The molecule has 0 saturated carbocycles. The Labute approximate surface area is 93.6 Å². The van der Waals surface area contributed by atoms with Crippen LogP contribution < -0.4 is 10.5 Å². The molecule has 0 unspecified atom stereocenters. The molecule has 0 spiro atoms. The molecule has 4 nitrogen and oxygen atoms in total. The first-order valence-electron chi connectivity index (χ1n) is 3.33. The minimum atomic E-state index is -0.522. The summed E-state index contributed by atoms with van der Waals surface area (Å²) in [5.41, 5.74) is 4.91. The van der Waals surface area contributed by atoms with Gasteiger partial charge in [0.05, 0.1) is 0 Å². The van der Waals surface area contributed by atoms with E-state index in [-0.39, 0.29) is 6.61 Å². The van der Waals surface area contributed by atoms with Crippen molar-refractivity contribution >= 4 is 40.1 Å². The van der Waals surface area contributed by atoms with E-state index in [2.05, 4.69) is 4.98 Å². The number of ether oxygens (including phenoxy) is 1. The minimum absolute atomic E-state index is 0.153. The largest absolute Gasteiger partial charge is 0.481 e. The predicted molar refractivity (Wildman–Crippen MR) is 56.7 cm³/mol. The third-order valence-corrected chi connectivity index (χ3v) is 2.13. The molecule has 1 rings (SSSR count). The second-order valence-electron chi connectivity index (χ2n) is 2.18. The van der Waals surface area contributed by atoms with Gasteiger partial charge in [-0.2, -0.15) is 0 Å². The van der Waals surface area contributed by atoms with E-state index < -0.39 is 5.91 Å². The Hall–Kier alpha value is -0.560. The summed E-state index contributed by atoms with van der Waals surface area (Å²) in [7, 11) is 0. The molecule has 6 heteroatoms. The van der Waals surface area contributed by atoms with Crippen LogP contribution in [0.4, 0.5) is 0 Å². The van der Waals surface area contributed by atoms with Crippen LogP contribution in [0.2, 0.25) is 5.15 Å².